The van der Waals surface area contributed by atoms with E-state index in [1.54, 1.807) is 0 Å². The lowest BCUT2D eigenvalue weighted by Crippen LogP contribution is -2.42. The minimum absolute atomic E-state index is 0.0382. The van der Waals surface area contributed by atoms with E-state index in [-0.39, 0.29) is 23.4 Å². The second-order valence-corrected chi connectivity index (χ2v) is 8.23. The van der Waals surface area contributed by atoms with E-state index in [4.69, 9.17) is 5.11 Å². The fourth-order valence-electron chi connectivity index (χ4n) is 2.95. The SMILES string of the molecule is O=C1CN(S(=O)(=O)c2ccc(C(=O)O)cc2)C(=O)C(Cc2ccccc2)CN1. The molecule has 0 aliphatic carbocycles. The van der Waals surface area contributed by atoms with Crippen molar-refractivity contribution in [3.63, 3.8) is 0 Å². The van der Waals surface area contributed by atoms with Gasteiger partial charge in [-0.05, 0) is 36.2 Å². The third-order valence-corrected chi connectivity index (χ3v) is 6.20. The zero-order valence-electron chi connectivity index (χ0n) is 14.7. The number of benzene rings is 2. The van der Waals surface area contributed by atoms with Gasteiger partial charge in [0.1, 0.15) is 6.54 Å². The van der Waals surface area contributed by atoms with Crippen LogP contribution in [-0.4, -0.2) is 48.7 Å². The van der Waals surface area contributed by atoms with Gasteiger partial charge in [-0.1, -0.05) is 30.3 Å². The molecule has 146 valence electrons. The predicted octanol–water partition coefficient (Wildman–Crippen LogP) is 0.891. The summed E-state index contributed by atoms with van der Waals surface area (Å²) < 4.78 is 26.5. The molecule has 1 heterocycles. The molecule has 0 spiro atoms. The van der Waals surface area contributed by atoms with Gasteiger partial charge in [0.05, 0.1) is 16.4 Å². The zero-order valence-corrected chi connectivity index (χ0v) is 15.6. The van der Waals surface area contributed by atoms with Gasteiger partial charge in [0, 0.05) is 6.54 Å². The first-order valence-corrected chi connectivity index (χ1v) is 9.93. The van der Waals surface area contributed by atoms with Gasteiger partial charge in [0.15, 0.2) is 0 Å². The molecule has 0 saturated carbocycles. The lowest BCUT2D eigenvalue weighted by molar-refractivity contribution is -0.131. The highest BCUT2D eigenvalue weighted by molar-refractivity contribution is 7.89. The molecule has 8 nitrogen and oxygen atoms in total. The van der Waals surface area contributed by atoms with Crippen molar-refractivity contribution < 1.29 is 27.9 Å². The fraction of sp³-hybridized carbons (Fsp3) is 0.211. The van der Waals surface area contributed by atoms with E-state index in [0.29, 0.717) is 4.31 Å². The summed E-state index contributed by atoms with van der Waals surface area (Å²) >= 11 is 0. The molecule has 2 amide bonds. The van der Waals surface area contributed by atoms with Gasteiger partial charge in [-0.15, -0.1) is 0 Å². The lowest BCUT2D eigenvalue weighted by atomic mass is 9.99. The average Bonchev–Trinajstić information content (AvgIpc) is 2.82. The summed E-state index contributed by atoms with van der Waals surface area (Å²) in [6.45, 7) is -0.580. The third-order valence-electron chi connectivity index (χ3n) is 4.44. The molecule has 9 heteroatoms. The Bertz CT molecular complexity index is 1000. The Morgan fingerprint density at radius 3 is 2.32 bits per heavy atom. The number of nitrogens with one attached hydrogen (secondary N) is 1. The van der Waals surface area contributed by atoms with Crippen molar-refractivity contribution in [2.24, 2.45) is 5.92 Å². The molecule has 0 bridgehead atoms. The number of sulfonamides is 1. The Labute approximate surface area is 161 Å². The Morgan fingerprint density at radius 2 is 1.71 bits per heavy atom. The van der Waals surface area contributed by atoms with Gasteiger partial charge in [0.25, 0.3) is 10.0 Å². The van der Waals surface area contributed by atoms with Crippen LogP contribution in [0.5, 0.6) is 0 Å². The molecule has 2 aromatic rings. The number of hydrogen-bond acceptors (Lipinski definition) is 5. The maximum atomic E-state index is 13.0. The van der Waals surface area contributed by atoms with Crippen molar-refractivity contribution in [2.45, 2.75) is 11.3 Å². The minimum Gasteiger partial charge on any atom is -0.478 e. The molecule has 1 aliphatic rings. The van der Waals surface area contributed by atoms with Crippen molar-refractivity contribution >= 4 is 27.8 Å². The quantitative estimate of drug-likeness (QED) is 0.766. The largest absolute Gasteiger partial charge is 0.478 e. The summed E-state index contributed by atoms with van der Waals surface area (Å²) in [5.41, 5.74) is 0.765. The summed E-state index contributed by atoms with van der Waals surface area (Å²) in [7, 11) is -4.31. The standard InChI is InChI=1S/C19H18N2O6S/c22-17-12-21(28(26,27)16-8-6-14(7-9-16)19(24)25)18(23)15(11-20-17)10-13-4-2-1-3-5-13/h1-9,15H,10-12H2,(H,20,22)(H,24,25). The maximum Gasteiger partial charge on any atom is 0.335 e. The molecule has 3 rings (SSSR count). The van der Waals surface area contributed by atoms with Crippen LogP contribution in [0.2, 0.25) is 0 Å². The van der Waals surface area contributed by atoms with Crippen LogP contribution < -0.4 is 5.32 Å². The Morgan fingerprint density at radius 1 is 1.07 bits per heavy atom. The number of carbonyl (C=O) groups is 3. The number of carbonyl (C=O) groups excluding carboxylic acids is 2. The molecule has 1 saturated heterocycles. The van der Waals surface area contributed by atoms with Crippen molar-refractivity contribution in [1.29, 1.82) is 0 Å². The van der Waals surface area contributed by atoms with Crippen LogP contribution in [-0.2, 0) is 26.0 Å². The molecular formula is C19H18N2O6S. The highest BCUT2D eigenvalue weighted by Crippen LogP contribution is 2.22. The predicted molar refractivity (Wildman–Crippen MR) is 98.9 cm³/mol. The first-order valence-electron chi connectivity index (χ1n) is 8.49. The molecule has 2 N–H and O–H groups in total. The Hall–Kier alpha value is -3.20. The number of aromatic carboxylic acids is 1. The van der Waals surface area contributed by atoms with Gasteiger partial charge < -0.3 is 10.4 Å². The number of carboxylic acids is 1. The summed E-state index contributed by atoms with van der Waals surface area (Å²) in [6.07, 6.45) is 0.282. The molecule has 1 fully saturated rings. The first kappa shape index (κ1) is 19.6. The van der Waals surface area contributed by atoms with Gasteiger partial charge in [-0.3, -0.25) is 9.59 Å². The van der Waals surface area contributed by atoms with Gasteiger partial charge in [-0.25, -0.2) is 17.5 Å². The van der Waals surface area contributed by atoms with E-state index in [1.165, 1.54) is 0 Å². The van der Waals surface area contributed by atoms with Crippen LogP contribution in [0.25, 0.3) is 0 Å². The Balaban J connectivity index is 1.91. The van der Waals surface area contributed by atoms with Gasteiger partial charge >= 0.3 is 5.97 Å². The number of hydrogen-bond donors (Lipinski definition) is 2. The highest BCUT2D eigenvalue weighted by atomic mass is 32.2. The summed E-state index contributed by atoms with van der Waals surface area (Å²) in [5.74, 6) is -3.18. The third kappa shape index (κ3) is 4.04. The van der Waals surface area contributed by atoms with Crippen molar-refractivity contribution in [3.05, 3.63) is 65.7 Å². The molecule has 0 aromatic heterocycles. The lowest BCUT2D eigenvalue weighted by Gasteiger charge is -2.23. The number of amides is 2. The zero-order chi connectivity index (χ0) is 20.3. The summed E-state index contributed by atoms with van der Waals surface area (Å²) in [4.78, 5) is 35.7. The van der Waals surface area contributed by atoms with E-state index in [9.17, 15) is 22.8 Å². The molecule has 1 unspecified atom stereocenters. The summed E-state index contributed by atoms with van der Waals surface area (Å²) in [5, 5.41) is 11.5. The van der Waals surface area contributed by atoms with E-state index in [2.05, 4.69) is 5.32 Å². The molecular weight excluding hydrogens is 384 g/mol. The van der Waals surface area contributed by atoms with Crippen LogP contribution in [0, 0.1) is 5.92 Å². The van der Waals surface area contributed by atoms with E-state index >= 15 is 0 Å². The minimum atomic E-state index is -4.31. The van der Waals surface area contributed by atoms with Crippen LogP contribution in [0.3, 0.4) is 0 Å². The van der Waals surface area contributed by atoms with Crippen LogP contribution in [0.4, 0.5) is 0 Å². The van der Waals surface area contributed by atoms with Crippen LogP contribution in [0.1, 0.15) is 15.9 Å². The van der Waals surface area contributed by atoms with Crippen LogP contribution in [0.15, 0.2) is 59.5 Å². The number of rotatable bonds is 5. The monoisotopic (exact) mass is 402 g/mol. The smallest absolute Gasteiger partial charge is 0.335 e. The van der Waals surface area contributed by atoms with Crippen molar-refractivity contribution in [1.82, 2.24) is 9.62 Å². The average molecular weight is 402 g/mol. The topological polar surface area (TPSA) is 121 Å². The van der Waals surface area contributed by atoms with E-state index in [0.717, 1.165) is 29.8 Å². The number of carboxylic acid groups (broad SMARTS) is 1. The van der Waals surface area contributed by atoms with E-state index in [1.807, 2.05) is 30.3 Å². The molecule has 1 atom stereocenters. The first-order chi connectivity index (χ1) is 13.3. The Kier molecular flexibility index (Phi) is 5.46. The van der Waals surface area contributed by atoms with E-state index < -0.39 is 40.3 Å². The van der Waals surface area contributed by atoms with Crippen LogP contribution >= 0.6 is 0 Å². The van der Waals surface area contributed by atoms with Gasteiger partial charge in [0.2, 0.25) is 11.8 Å². The highest BCUT2D eigenvalue weighted by Gasteiger charge is 2.38. The normalized spacial score (nSPS) is 17.7. The van der Waals surface area contributed by atoms with Crippen molar-refractivity contribution in [2.75, 3.05) is 13.1 Å². The molecule has 28 heavy (non-hydrogen) atoms. The van der Waals surface area contributed by atoms with Crippen molar-refractivity contribution in [3.8, 4) is 0 Å². The molecule has 1 aliphatic heterocycles. The van der Waals surface area contributed by atoms with Gasteiger partial charge in [-0.2, -0.15) is 0 Å². The second kappa shape index (κ2) is 7.81. The second-order valence-electron chi connectivity index (χ2n) is 6.37. The fourth-order valence-corrected chi connectivity index (χ4v) is 4.36. The summed E-state index contributed by atoms with van der Waals surface area (Å²) in [6, 6.07) is 13.6. The maximum absolute atomic E-state index is 13.0. The number of nitrogens with zero attached hydrogens (tertiary/aromatic N) is 1. The molecule has 2 aromatic carbocycles. The molecule has 0 radical (unpaired) electrons.